The second kappa shape index (κ2) is 10.1. The summed E-state index contributed by atoms with van der Waals surface area (Å²) in [7, 11) is 1.90. The molecule has 1 atom stereocenters. The number of amidine groups is 2. The maximum atomic E-state index is 6.02. The average molecular weight is 427 g/mol. The van der Waals surface area contributed by atoms with Crippen LogP contribution in [0.1, 0.15) is 19.6 Å². The summed E-state index contributed by atoms with van der Waals surface area (Å²) in [4.78, 5) is 9.15. The monoisotopic (exact) mass is 426 g/mol. The summed E-state index contributed by atoms with van der Waals surface area (Å²) in [5.41, 5.74) is 7.38. The summed E-state index contributed by atoms with van der Waals surface area (Å²) in [5, 5.41) is 6.52. The normalized spacial score (nSPS) is 16.6. The van der Waals surface area contributed by atoms with Crippen molar-refractivity contribution in [2.75, 3.05) is 12.8 Å². The number of para-hydroxylation sites is 1. The minimum atomic E-state index is -0.156. The van der Waals surface area contributed by atoms with Crippen molar-refractivity contribution in [3.05, 3.63) is 54.4 Å². The van der Waals surface area contributed by atoms with E-state index in [0.29, 0.717) is 23.2 Å². The number of nitrogens with two attached hydrogens (primary N) is 2. The van der Waals surface area contributed by atoms with Crippen LogP contribution in [-0.4, -0.2) is 40.0 Å². The molecule has 0 bridgehead atoms. The van der Waals surface area contributed by atoms with Crippen molar-refractivity contribution in [3.63, 3.8) is 0 Å². The Bertz CT molecular complexity index is 1050. The molecule has 0 saturated carbocycles. The zero-order chi connectivity index (χ0) is 21.5. The highest BCUT2D eigenvalue weighted by Gasteiger charge is 2.26. The molecular formula is C20H26N8OS. The molecule has 1 aliphatic heterocycles. The molecule has 6 N–H and O–H groups in total. The first kappa shape index (κ1) is 21.6. The van der Waals surface area contributed by atoms with Gasteiger partial charge in [-0.3, -0.25) is 10.4 Å². The Kier molecular flexibility index (Phi) is 7.28. The topological polar surface area (TPSA) is 130 Å². The fraction of sp³-hybridized carbons (Fsp3) is 0.250. The molecule has 0 spiro atoms. The van der Waals surface area contributed by atoms with Crippen molar-refractivity contribution >= 4 is 34.3 Å². The Morgan fingerprint density at radius 1 is 1.27 bits per heavy atom. The molecule has 3 aromatic rings. The van der Waals surface area contributed by atoms with Gasteiger partial charge in [0.2, 0.25) is 0 Å². The van der Waals surface area contributed by atoms with E-state index in [9.17, 15) is 0 Å². The number of hydrazone groups is 1. The van der Waals surface area contributed by atoms with Crippen LogP contribution >= 0.6 is 11.8 Å². The molecule has 158 valence electrons. The van der Waals surface area contributed by atoms with E-state index in [1.54, 1.807) is 0 Å². The fourth-order valence-corrected chi connectivity index (χ4v) is 3.73. The van der Waals surface area contributed by atoms with Crippen LogP contribution in [0.3, 0.4) is 0 Å². The van der Waals surface area contributed by atoms with Crippen LogP contribution in [0.15, 0.2) is 63.2 Å². The van der Waals surface area contributed by atoms with Gasteiger partial charge in [-0.25, -0.2) is 10.8 Å². The second-order valence-electron chi connectivity index (χ2n) is 6.14. The molecule has 3 heterocycles. The van der Waals surface area contributed by atoms with Crippen molar-refractivity contribution in [2.24, 2.45) is 21.8 Å². The third-order valence-electron chi connectivity index (χ3n) is 4.26. The number of hydrogen-bond donors (Lipinski definition) is 4. The van der Waals surface area contributed by atoms with Gasteiger partial charge in [-0.15, -0.1) is 11.8 Å². The number of fused-ring (bicyclic) bond motifs is 1. The third kappa shape index (κ3) is 4.73. The van der Waals surface area contributed by atoms with E-state index in [1.807, 2.05) is 68.5 Å². The quantitative estimate of drug-likeness (QED) is 0.212. The van der Waals surface area contributed by atoms with E-state index in [0.717, 1.165) is 22.2 Å². The van der Waals surface area contributed by atoms with E-state index in [2.05, 4.69) is 32.0 Å². The Balaban J connectivity index is 0.00000124. The number of aromatic nitrogens is 1. The van der Waals surface area contributed by atoms with E-state index < -0.39 is 0 Å². The van der Waals surface area contributed by atoms with Crippen LogP contribution in [0.25, 0.3) is 22.2 Å². The lowest BCUT2D eigenvalue weighted by Gasteiger charge is -2.17. The molecule has 1 unspecified atom stereocenters. The van der Waals surface area contributed by atoms with Crippen molar-refractivity contribution in [1.82, 2.24) is 20.8 Å². The zero-order valence-electron chi connectivity index (χ0n) is 17.2. The first-order valence-corrected chi connectivity index (χ1v) is 10.6. The van der Waals surface area contributed by atoms with Crippen molar-refractivity contribution < 1.29 is 4.42 Å². The highest BCUT2D eigenvalue weighted by atomic mass is 32.2. The first-order valence-electron chi connectivity index (χ1n) is 9.55. The van der Waals surface area contributed by atoms with Crippen molar-refractivity contribution in [2.45, 2.75) is 19.3 Å². The summed E-state index contributed by atoms with van der Waals surface area (Å²) in [6.45, 7) is 4.00. The van der Waals surface area contributed by atoms with Gasteiger partial charge in [0.15, 0.2) is 17.1 Å². The minimum Gasteiger partial charge on any atom is -0.453 e. The fourth-order valence-electron chi connectivity index (χ4n) is 2.81. The maximum absolute atomic E-state index is 6.02. The van der Waals surface area contributed by atoms with Crippen LogP contribution in [0, 0.1) is 0 Å². The van der Waals surface area contributed by atoms with Gasteiger partial charge >= 0.3 is 0 Å². The van der Waals surface area contributed by atoms with Crippen LogP contribution < -0.4 is 22.5 Å². The Hall–Kier alpha value is -3.08. The predicted octanol–water partition coefficient (Wildman–Crippen LogP) is 2.47. The largest absolute Gasteiger partial charge is 0.453 e. The Labute approximate surface area is 179 Å². The molecule has 9 nitrogen and oxygen atoms in total. The predicted molar refractivity (Wildman–Crippen MR) is 123 cm³/mol. The van der Waals surface area contributed by atoms with Crippen molar-refractivity contribution in [3.8, 4) is 11.3 Å². The smallest absolute Gasteiger partial charge is 0.182 e. The molecule has 0 saturated heterocycles. The lowest BCUT2D eigenvalue weighted by molar-refractivity contribution is 0.306. The molecule has 0 radical (unpaired) electrons. The minimum absolute atomic E-state index is 0.156. The summed E-state index contributed by atoms with van der Waals surface area (Å²) in [6.07, 6.45) is 1.81. The molecule has 1 aromatic carbocycles. The molecule has 2 aromatic heterocycles. The Morgan fingerprint density at radius 3 is 2.80 bits per heavy atom. The van der Waals surface area contributed by atoms with Gasteiger partial charge in [0.25, 0.3) is 0 Å². The number of rotatable bonds is 5. The zero-order valence-corrected chi connectivity index (χ0v) is 18.0. The van der Waals surface area contributed by atoms with Gasteiger partial charge < -0.3 is 15.7 Å². The lowest BCUT2D eigenvalue weighted by Crippen LogP contribution is -2.38. The molecule has 1 aliphatic rings. The molecule has 0 fully saturated rings. The van der Waals surface area contributed by atoms with E-state index in [-0.39, 0.29) is 5.50 Å². The molecule has 0 aliphatic carbocycles. The summed E-state index contributed by atoms with van der Waals surface area (Å²) < 4.78 is 6.02. The summed E-state index contributed by atoms with van der Waals surface area (Å²) in [5.74, 6) is 13.7. The molecule has 4 rings (SSSR count). The van der Waals surface area contributed by atoms with Gasteiger partial charge in [-0.1, -0.05) is 32.0 Å². The molecule has 0 amide bonds. The number of hydrazine groups is 2. The number of hydrogen-bond acceptors (Lipinski definition) is 9. The van der Waals surface area contributed by atoms with Crippen LogP contribution in [0.5, 0.6) is 0 Å². The number of benzene rings is 1. The number of pyridine rings is 1. The first-order chi connectivity index (χ1) is 14.7. The van der Waals surface area contributed by atoms with Gasteiger partial charge in [0.05, 0.1) is 11.3 Å². The standard InChI is InChI=1S/C18H20N8OS.C2H6/c1-26-18(28-10-16(23-19)24-20)22-17(25-26)15-7-6-14(27-15)12-8-11-4-2-3-5-13(11)21-9-12;1-2/h2-9,18H,10,19-20H2,1H3,(H,22,25)(H,23,24);1-2H3. The van der Waals surface area contributed by atoms with Gasteiger partial charge in [0, 0.05) is 24.2 Å². The van der Waals surface area contributed by atoms with Crippen LogP contribution in [0.4, 0.5) is 0 Å². The maximum Gasteiger partial charge on any atom is 0.182 e. The number of aliphatic imine (C=N–C) groups is 1. The number of nitrogens with zero attached hydrogens (tertiary/aromatic N) is 4. The van der Waals surface area contributed by atoms with Crippen LogP contribution in [0.2, 0.25) is 0 Å². The number of thioether (sulfide) groups is 1. The van der Waals surface area contributed by atoms with E-state index in [4.69, 9.17) is 16.1 Å². The van der Waals surface area contributed by atoms with Crippen LogP contribution in [-0.2, 0) is 0 Å². The highest BCUT2D eigenvalue weighted by Crippen LogP contribution is 2.27. The highest BCUT2D eigenvalue weighted by molar-refractivity contribution is 8.00. The molecule has 10 heteroatoms. The van der Waals surface area contributed by atoms with Gasteiger partial charge in [0.1, 0.15) is 11.6 Å². The molecular weight excluding hydrogens is 400 g/mol. The van der Waals surface area contributed by atoms with E-state index >= 15 is 0 Å². The SMILES string of the molecule is CC.CN1NC(c2ccc(-c3cnc4ccccc4c3)o2)=NC1SC/C(=N/N)NN. The summed E-state index contributed by atoms with van der Waals surface area (Å²) >= 11 is 1.52. The third-order valence-corrected chi connectivity index (χ3v) is 5.42. The van der Waals surface area contributed by atoms with Gasteiger partial charge in [-0.2, -0.15) is 10.1 Å². The Morgan fingerprint density at radius 2 is 2.03 bits per heavy atom. The summed E-state index contributed by atoms with van der Waals surface area (Å²) in [6, 6.07) is 13.9. The number of nitrogens with one attached hydrogen (secondary N) is 2. The lowest BCUT2D eigenvalue weighted by atomic mass is 10.1. The van der Waals surface area contributed by atoms with Crippen molar-refractivity contribution in [1.29, 1.82) is 0 Å². The van der Waals surface area contributed by atoms with Gasteiger partial charge in [-0.05, 0) is 24.3 Å². The number of furan rings is 1. The second-order valence-corrected chi connectivity index (χ2v) is 7.18. The average Bonchev–Trinajstić information content (AvgIpc) is 3.43. The van der Waals surface area contributed by atoms with E-state index in [1.165, 1.54) is 11.8 Å². The molecule has 30 heavy (non-hydrogen) atoms.